The van der Waals surface area contributed by atoms with Crippen molar-refractivity contribution in [2.45, 2.75) is 11.8 Å². The predicted octanol–water partition coefficient (Wildman–Crippen LogP) is 4.76. The maximum absolute atomic E-state index is 13.7. The van der Waals surface area contributed by atoms with Gasteiger partial charge in [0.15, 0.2) is 0 Å². The summed E-state index contributed by atoms with van der Waals surface area (Å²) in [5.74, 6) is -8.52. The van der Waals surface area contributed by atoms with E-state index in [1.807, 2.05) is 0 Å². The highest BCUT2D eigenvalue weighted by atomic mass is 19.3. The second kappa shape index (κ2) is 5.65. The van der Waals surface area contributed by atoms with Crippen LogP contribution in [0.15, 0.2) is 60.7 Å². The van der Waals surface area contributed by atoms with E-state index in [0.29, 0.717) is 0 Å². The average Bonchev–Trinajstić information content (AvgIpc) is 2.40. The van der Waals surface area contributed by atoms with Gasteiger partial charge in [0.2, 0.25) is 0 Å². The van der Waals surface area contributed by atoms with E-state index in [1.165, 1.54) is 48.5 Å². The molecule has 0 nitrogen and oxygen atoms in total. The number of rotatable bonds is 5. The van der Waals surface area contributed by atoms with E-state index >= 15 is 0 Å². The molecule has 0 saturated carbocycles. The molecule has 0 fully saturated rings. The zero-order valence-electron chi connectivity index (χ0n) is 10.4. The van der Waals surface area contributed by atoms with Crippen LogP contribution in [0.1, 0.15) is 11.1 Å². The lowest BCUT2D eigenvalue weighted by molar-refractivity contribution is -0.163. The Morgan fingerprint density at radius 2 is 0.850 bits per heavy atom. The lowest BCUT2D eigenvalue weighted by atomic mass is 9.97. The Kier molecular flexibility index (Phi) is 4.12. The zero-order valence-corrected chi connectivity index (χ0v) is 10.4. The molecular weight excluding hydrogens is 268 g/mol. The van der Waals surface area contributed by atoms with E-state index < -0.39 is 11.8 Å². The molecule has 2 aromatic carbocycles. The van der Waals surface area contributed by atoms with Crippen LogP contribution >= 0.6 is 0 Å². The van der Waals surface area contributed by atoms with Crippen molar-refractivity contribution in [2.24, 2.45) is 0 Å². The monoisotopic (exact) mass is 280 g/mol. The second-order valence-corrected chi connectivity index (χ2v) is 4.36. The van der Waals surface area contributed by atoms with E-state index in [1.54, 1.807) is 12.1 Å². The topological polar surface area (TPSA) is 0 Å². The van der Waals surface area contributed by atoms with Gasteiger partial charge in [0.1, 0.15) is 0 Å². The summed E-state index contributed by atoms with van der Waals surface area (Å²) in [7, 11) is 0. The number of hydrogen-bond donors (Lipinski definition) is 0. The first-order chi connectivity index (χ1) is 9.41. The Balaban J connectivity index is 2.14. The highest BCUT2D eigenvalue weighted by Gasteiger charge is 2.56. The van der Waals surface area contributed by atoms with Gasteiger partial charge in [-0.1, -0.05) is 60.7 Å². The molecule has 0 amide bonds. The van der Waals surface area contributed by atoms with Crippen molar-refractivity contribution in [1.29, 1.82) is 0 Å². The smallest absolute Gasteiger partial charge is 0.199 e. The lowest BCUT2D eigenvalue weighted by Gasteiger charge is -2.26. The molecule has 0 atom stereocenters. The summed E-state index contributed by atoms with van der Waals surface area (Å²) in [5.41, 5.74) is 0.109. The fraction of sp³-hybridized carbons (Fsp3) is 0.125. The molecular formula is C16H12F4. The molecule has 0 saturated heterocycles. The van der Waals surface area contributed by atoms with Gasteiger partial charge in [-0.3, -0.25) is 0 Å². The number of halogens is 4. The standard InChI is InChI=1S/C16H12F4/c17-15(18,11-13-7-3-1-4-8-13)16(19,20)12-14-9-5-2-6-10-14/h1-12H. The third-order valence-electron chi connectivity index (χ3n) is 2.74. The third-order valence-corrected chi connectivity index (χ3v) is 2.74. The maximum atomic E-state index is 13.7. The van der Waals surface area contributed by atoms with Gasteiger partial charge in [-0.05, 0) is 11.1 Å². The maximum Gasteiger partial charge on any atom is 0.318 e. The molecule has 0 aromatic heterocycles. The molecule has 0 aliphatic carbocycles. The Morgan fingerprint density at radius 1 is 0.550 bits per heavy atom. The second-order valence-electron chi connectivity index (χ2n) is 4.36. The zero-order chi connectivity index (χ0) is 14.6. The summed E-state index contributed by atoms with van der Waals surface area (Å²) in [6.45, 7) is 0. The van der Waals surface area contributed by atoms with E-state index in [0.717, 1.165) is 0 Å². The summed E-state index contributed by atoms with van der Waals surface area (Å²) in [6, 6.07) is 14.7. The fourth-order valence-corrected chi connectivity index (χ4v) is 1.71. The summed E-state index contributed by atoms with van der Waals surface area (Å²) in [6.07, 6.45) is 0.568. The summed E-state index contributed by atoms with van der Waals surface area (Å²) >= 11 is 0. The quantitative estimate of drug-likeness (QED) is 0.692. The normalized spacial score (nSPS) is 12.4. The number of benzene rings is 2. The van der Waals surface area contributed by atoms with Crippen molar-refractivity contribution in [2.75, 3.05) is 0 Å². The molecule has 0 heterocycles. The van der Waals surface area contributed by atoms with Crippen molar-refractivity contribution in [3.8, 4) is 0 Å². The van der Waals surface area contributed by atoms with Crippen molar-refractivity contribution >= 4 is 0 Å². The van der Waals surface area contributed by atoms with Crippen molar-refractivity contribution in [3.05, 3.63) is 84.6 Å². The van der Waals surface area contributed by atoms with Gasteiger partial charge in [-0.25, -0.2) is 0 Å². The van der Waals surface area contributed by atoms with Gasteiger partial charge in [0, 0.05) is 0 Å². The van der Waals surface area contributed by atoms with Gasteiger partial charge >= 0.3 is 11.8 Å². The number of alkyl halides is 4. The van der Waals surface area contributed by atoms with E-state index in [2.05, 4.69) is 0 Å². The lowest BCUT2D eigenvalue weighted by Crippen LogP contribution is -2.41. The Morgan fingerprint density at radius 3 is 1.15 bits per heavy atom. The molecule has 4 heteroatoms. The predicted molar refractivity (Wildman–Crippen MR) is 69.6 cm³/mol. The van der Waals surface area contributed by atoms with Gasteiger partial charge in [-0.15, -0.1) is 0 Å². The molecule has 2 rings (SSSR count). The minimum atomic E-state index is -4.26. The van der Waals surface area contributed by atoms with E-state index in [9.17, 15) is 17.6 Å². The van der Waals surface area contributed by atoms with Gasteiger partial charge in [0.05, 0.1) is 12.8 Å². The summed E-state index contributed by atoms with van der Waals surface area (Å²) < 4.78 is 54.9. The molecule has 0 unspecified atom stereocenters. The largest absolute Gasteiger partial charge is 0.318 e. The SMILES string of the molecule is FC(F)([CH]c1ccccc1)C(F)(F)[CH]c1ccccc1. The first-order valence-electron chi connectivity index (χ1n) is 5.98. The van der Waals surface area contributed by atoms with Crippen molar-refractivity contribution < 1.29 is 17.6 Å². The Labute approximate surface area is 115 Å². The van der Waals surface area contributed by atoms with Crippen LogP contribution in [0, 0.1) is 12.8 Å². The van der Waals surface area contributed by atoms with Crippen molar-refractivity contribution in [1.82, 2.24) is 0 Å². The molecule has 0 spiro atoms. The highest BCUT2D eigenvalue weighted by Crippen LogP contribution is 2.41. The van der Waals surface area contributed by atoms with E-state index in [4.69, 9.17) is 0 Å². The van der Waals surface area contributed by atoms with Crippen LogP contribution in [0.25, 0.3) is 0 Å². The van der Waals surface area contributed by atoms with Crippen LogP contribution in [0.5, 0.6) is 0 Å². The minimum absolute atomic E-state index is 0.0543. The average molecular weight is 280 g/mol. The van der Waals surface area contributed by atoms with Crippen LogP contribution in [0.2, 0.25) is 0 Å². The molecule has 2 radical (unpaired) electrons. The fourth-order valence-electron chi connectivity index (χ4n) is 1.71. The van der Waals surface area contributed by atoms with Crippen LogP contribution in [0.4, 0.5) is 17.6 Å². The molecule has 2 aromatic rings. The van der Waals surface area contributed by atoms with Crippen LogP contribution < -0.4 is 0 Å². The Bertz CT molecular complexity index is 483. The number of hydrogen-bond acceptors (Lipinski definition) is 0. The van der Waals surface area contributed by atoms with Crippen LogP contribution in [-0.2, 0) is 0 Å². The van der Waals surface area contributed by atoms with E-state index in [-0.39, 0.29) is 24.0 Å². The summed E-state index contributed by atoms with van der Waals surface area (Å²) in [4.78, 5) is 0. The summed E-state index contributed by atoms with van der Waals surface area (Å²) in [5, 5.41) is 0. The van der Waals surface area contributed by atoms with Crippen LogP contribution in [-0.4, -0.2) is 11.8 Å². The minimum Gasteiger partial charge on any atom is -0.199 e. The first kappa shape index (κ1) is 14.6. The molecule has 0 aliphatic heterocycles. The van der Waals surface area contributed by atoms with Gasteiger partial charge in [0.25, 0.3) is 0 Å². The molecule has 104 valence electrons. The van der Waals surface area contributed by atoms with Gasteiger partial charge in [-0.2, -0.15) is 17.6 Å². The van der Waals surface area contributed by atoms with Crippen LogP contribution in [0.3, 0.4) is 0 Å². The molecule has 0 bridgehead atoms. The van der Waals surface area contributed by atoms with Gasteiger partial charge < -0.3 is 0 Å². The molecule has 20 heavy (non-hydrogen) atoms. The van der Waals surface area contributed by atoms with Crippen molar-refractivity contribution in [3.63, 3.8) is 0 Å². The highest BCUT2D eigenvalue weighted by molar-refractivity contribution is 5.32. The third kappa shape index (κ3) is 3.38. The Hall–Kier alpha value is -1.84. The molecule has 0 N–H and O–H groups in total. The first-order valence-corrected chi connectivity index (χ1v) is 5.98. The molecule has 0 aliphatic rings.